The summed E-state index contributed by atoms with van der Waals surface area (Å²) in [6.45, 7) is 22.0. The molecule has 0 nitrogen and oxygen atoms in total. The number of benzene rings is 1. The van der Waals surface area contributed by atoms with Crippen LogP contribution >= 0.6 is 12.6 Å². The van der Waals surface area contributed by atoms with Crippen LogP contribution in [0.1, 0.15) is 74.8 Å². The molecular formula is C28H40ClIrS+2. The summed E-state index contributed by atoms with van der Waals surface area (Å²) >= 11 is 4.13. The van der Waals surface area contributed by atoms with Crippen LogP contribution in [-0.4, -0.2) is 5.75 Å². The van der Waals surface area contributed by atoms with Gasteiger partial charge in [0, 0.05) is 0 Å². The number of aryl methyl sites for hydroxylation is 1. The van der Waals surface area contributed by atoms with Gasteiger partial charge in [0.25, 0.3) is 0 Å². The molecule has 0 spiro atoms. The zero-order valence-corrected chi connectivity index (χ0v) is 25.0. The fourth-order valence-electron chi connectivity index (χ4n) is 3.59. The maximum absolute atomic E-state index is 4.13. The van der Waals surface area contributed by atoms with Crippen molar-refractivity contribution in [2.75, 3.05) is 5.75 Å². The van der Waals surface area contributed by atoms with Gasteiger partial charge in [-0.05, 0) is 76.9 Å². The van der Waals surface area contributed by atoms with E-state index in [0.717, 1.165) is 12.2 Å². The van der Waals surface area contributed by atoms with E-state index in [1.807, 2.05) is 6.07 Å². The van der Waals surface area contributed by atoms with Crippen LogP contribution in [-0.2, 0) is 26.5 Å². The molecule has 0 amide bonds. The maximum atomic E-state index is 4.13. The second-order valence-corrected chi connectivity index (χ2v) is 8.66. The smallest absolute Gasteiger partial charge is 1.00 e. The van der Waals surface area contributed by atoms with E-state index in [-0.39, 0.29) is 32.5 Å². The standard InChI is InChI=1S/2C10H15.C8H10S.ClH.Ir/c2*1-6-7(2)9(4)10(5)8(6)3;9-7-6-8-4-2-1-3-5-8;;/h2*1-5H3;1-5,9H,6-7H2;1H;/q;;;;+3/p-1. The van der Waals surface area contributed by atoms with Crippen LogP contribution in [0.2, 0.25) is 0 Å². The van der Waals surface area contributed by atoms with Crippen LogP contribution in [0.15, 0.2) is 30.3 Å². The quantitative estimate of drug-likeness (QED) is 0.430. The molecule has 172 valence electrons. The first-order valence-corrected chi connectivity index (χ1v) is 11.2. The number of hydrogen-bond acceptors (Lipinski definition) is 1. The molecule has 31 heavy (non-hydrogen) atoms. The second kappa shape index (κ2) is 16.2. The monoisotopic (exact) mass is 636 g/mol. The molecule has 10 radical (unpaired) electrons. The van der Waals surface area contributed by atoms with Crippen molar-refractivity contribution in [1.82, 2.24) is 0 Å². The van der Waals surface area contributed by atoms with Gasteiger partial charge in [-0.2, -0.15) is 12.6 Å². The summed E-state index contributed by atoms with van der Waals surface area (Å²) in [6, 6.07) is 10.4. The van der Waals surface area contributed by atoms with Crippen LogP contribution in [0.4, 0.5) is 0 Å². The molecule has 2 saturated carbocycles. The third kappa shape index (κ3) is 9.35. The molecular weight excluding hydrogens is 596 g/mol. The Labute approximate surface area is 220 Å². The molecule has 2 aliphatic carbocycles. The average Bonchev–Trinajstić information content (AvgIpc) is 3.00. The van der Waals surface area contributed by atoms with E-state index in [1.54, 1.807) is 0 Å². The van der Waals surface area contributed by atoms with Gasteiger partial charge in [-0.1, -0.05) is 99.6 Å². The Bertz CT molecular complexity index is 446. The normalized spacial score (nSPS) is 21.1. The Kier molecular flexibility index (Phi) is 17.6. The molecule has 2 fully saturated rings. The predicted octanol–water partition coefficient (Wildman–Crippen LogP) is 5.10. The molecule has 0 saturated heterocycles. The van der Waals surface area contributed by atoms with Crippen LogP contribution in [0.5, 0.6) is 0 Å². The van der Waals surface area contributed by atoms with Gasteiger partial charge in [-0.15, -0.1) is 0 Å². The molecule has 0 unspecified atom stereocenters. The van der Waals surface area contributed by atoms with Gasteiger partial charge in [-0.3, -0.25) is 0 Å². The van der Waals surface area contributed by atoms with Gasteiger partial charge in [-0.25, -0.2) is 0 Å². The molecule has 1 aromatic carbocycles. The number of rotatable bonds is 2. The summed E-state index contributed by atoms with van der Waals surface area (Å²) in [7, 11) is 0. The average molecular weight is 636 g/mol. The molecule has 0 bridgehead atoms. The van der Waals surface area contributed by atoms with E-state index in [0.29, 0.717) is 0 Å². The van der Waals surface area contributed by atoms with Gasteiger partial charge in [0.1, 0.15) is 0 Å². The van der Waals surface area contributed by atoms with Gasteiger partial charge >= 0.3 is 20.1 Å². The molecule has 0 aromatic heterocycles. The van der Waals surface area contributed by atoms with Crippen molar-refractivity contribution >= 4 is 12.6 Å². The number of halogens is 1. The van der Waals surface area contributed by atoms with E-state index in [9.17, 15) is 0 Å². The summed E-state index contributed by atoms with van der Waals surface area (Å²) in [6.07, 6.45) is 1.07. The summed E-state index contributed by atoms with van der Waals surface area (Å²) < 4.78 is 0. The molecule has 3 heteroatoms. The predicted molar refractivity (Wildman–Crippen MR) is 133 cm³/mol. The first-order chi connectivity index (χ1) is 13.5. The van der Waals surface area contributed by atoms with Crippen LogP contribution in [0.3, 0.4) is 0 Å². The molecule has 0 aliphatic heterocycles. The topological polar surface area (TPSA) is 0 Å². The first-order valence-electron chi connectivity index (χ1n) is 10.6. The summed E-state index contributed by atoms with van der Waals surface area (Å²) in [5.41, 5.74) is 1.37. The fourth-order valence-corrected chi connectivity index (χ4v) is 3.84. The van der Waals surface area contributed by atoms with Gasteiger partial charge < -0.3 is 12.4 Å². The summed E-state index contributed by atoms with van der Waals surface area (Å²) in [5.74, 6) is 15.6. The van der Waals surface area contributed by atoms with Crippen molar-refractivity contribution in [3.63, 3.8) is 0 Å². The molecule has 0 N–H and O–H groups in total. The minimum Gasteiger partial charge on any atom is -1.00 e. The zero-order valence-electron chi connectivity index (χ0n) is 21.0. The summed E-state index contributed by atoms with van der Waals surface area (Å²) in [5, 5.41) is 0. The molecule has 3 rings (SSSR count). The number of thiol groups is 1. The first kappa shape index (κ1) is 33.7. The Morgan fingerprint density at radius 1 is 0.484 bits per heavy atom. The number of hydrogen-bond donors (Lipinski definition) is 1. The zero-order chi connectivity index (χ0) is 22.3. The van der Waals surface area contributed by atoms with Crippen molar-refractivity contribution in [3.8, 4) is 0 Å². The van der Waals surface area contributed by atoms with Crippen molar-refractivity contribution in [2.24, 2.45) is 0 Å². The van der Waals surface area contributed by atoms with E-state index in [2.05, 4.69) is 106 Å². The van der Waals surface area contributed by atoms with Crippen LogP contribution < -0.4 is 12.4 Å². The minimum absolute atomic E-state index is 0. The Balaban J connectivity index is 0. The SMILES string of the molecule is C[C]1[C](C)[C](C)[C](C)[C]1C.C[C]1[C](C)[C](C)[C](C)[C]1C.SCCc1ccccc1.[Cl-].[Ir+3]. The van der Waals surface area contributed by atoms with Crippen molar-refractivity contribution in [2.45, 2.75) is 75.7 Å². The van der Waals surface area contributed by atoms with E-state index in [4.69, 9.17) is 0 Å². The molecule has 1 aromatic rings. The van der Waals surface area contributed by atoms with Crippen molar-refractivity contribution in [3.05, 3.63) is 95.1 Å². The minimum atomic E-state index is 0. The summed E-state index contributed by atoms with van der Waals surface area (Å²) in [4.78, 5) is 0. The molecule has 0 heterocycles. The largest absolute Gasteiger partial charge is 3.00 e. The molecule has 2 aliphatic rings. The Morgan fingerprint density at radius 2 is 0.710 bits per heavy atom. The van der Waals surface area contributed by atoms with Gasteiger partial charge in [0.15, 0.2) is 0 Å². The van der Waals surface area contributed by atoms with Crippen LogP contribution in [0.25, 0.3) is 0 Å². The van der Waals surface area contributed by atoms with Gasteiger partial charge in [0.05, 0.1) is 0 Å². The van der Waals surface area contributed by atoms with Crippen molar-refractivity contribution in [1.29, 1.82) is 0 Å². The Hall–Kier alpha value is 0.509. The fraction of sp³-hybridized carbons (Fsp3) is 0.429. The van der Waals surface area contributed by atoms with Crippen molar-refractivity contribution < 1.29 is 32.5 Å². The van der Waals surface area contributed by atoms with E-state index in [1.165, 1.54) is 64.7 Å². The second-order valence-electron chi connectivity index (χ2n) is 8.21. The maximum Gasteiger partial charge on any atom is 3.00 e. The third-order valence-corrected chi connectivity index (χ3v) is 7.09. The van der Waals surface area contributed by atoms with E-state index >= 15 is 0 Å². The third-order valence-electron chi connectivity index (χ3n) is 6.87. The Morgan fingerprint density at radius 3 is 0.903 bits per heavy atom. The molecule has 0 atom stereocenters. The van der Waals surface area contributed by atoms with Crippen LogP contribution in [0, 0.1) is 59.2 Å². The van der Waals surface area contributed by atoms with Gasteiger partial charge in [0.2, 0.25) is 0 Å². The van der Waals surface area contributed by atoms with E-state index < -0.39 is 0 Å².